The van der Waals surface area contributed by atoms with Crippen molar-refractivity contribution in [3.63, 3.8) is 0 Å². The number of nitrogen functional groups attached to an aromatic ring is 1. The molecule has 0 atom stereocenters. The highest BCUT2D eigenvalue weighted by Gasteiger charge is 2.09. The van der Waals surface area contributed by atoms with Crippen molar-refractivity contribution in [2.24, 2.45) is 0 Å². The van der Waals surface area contributed by atoms with Crippen LogP contribution in [0.3, 0.4) is 0 Å². The molecule has 18 heavy (non-hydrogen) atoms. The number of nitrogens with zero attached hydrogens (tertiary/aromatic N) is 2. The van der Waals surface area contributed by atoms with Crippen molar-refractivity contribution in [3.05, 3.63) is 53.9 Å². The lowest BCUT2D eigenvalue weighted by Crippen LogP contribution is -1.97. The molecule has 0 aliphatic rings. The molecule has 1 aromatic heterocycles. The van der Waals surface area contributed by atoms with Crippen LogP contribution in [0.15, 0.2) is 42.5 Å². The highest BCUT2D eigenvalue weighted by molar-refractivity contribution is 5.81. The van der Waals surface area contributed by atoms with Crippen molar-refractivity contribution >= 4 is 16.7 Å². The van der Waals surface area contributed by atoms with Gasteiger partial charge in [-0.25, -0.2) is 4.98 Å². The molecular formula is C15H15N3. The van der Waals surface area contributed by atoms with Crippen molar-refractivity contribution in [1.29, 1.82) is 0 Å². The maximum Gasteiger partial charge on any atom is 0.111 e. The van der Waals surface area contributed by atoms with Crippen molar-refractivity contribution in [3.8, 4) is 5.69 Å². The first kappa shape index (κ1) is 10.8. The molecule has 0 bridgehead atoms. The first-order valence-corrected chi connectivity index (χ1v) is 5.97. The van der Waals surface area contributed by atoms with Gasteiger partial charge in [0.1, 0.15) is 5.82 Å². The fraction of sp³-hybridized carbons (Fsp3) is 0.133. The van der Waals surface area contributed by atoms with Gasteiger partial charge in [0.05, 0.1) is 11.0 Å². The van der Waals surface area contributed by atoms with E-state index in [2.05, 4.69) is 40.7 Å². The number of imidazole rings is 1. The number of aromatic nitrogens is 2. The SMILES string of the molecule is Cc1cccc(-n2c(C)nc3cc(N)ccc32)c1. The minimum absolute atomic E-state index is 0.747. The number of anilines is 1. The number of nitrogens with two attached hydrogens (primary N) is 1. The Labute approximate surface area is 106 Å². The molecule has 0 saturated heterocycles. The van der Waals surface area contributed by atoms with E-state index >= 15 is 0 Å². The van der Waals surface area contributed by atoms with Crippen LogP contribution in [0.25, 0.3) is 16.7 Å². The minimum atomic E-state index is 0.747. The molecule has 0 saturated carbocycles. The zero-order valence-electron chi connectivity index (χ0n) is 10.5. The molecule has 2 N–H and O–H groups in total. The van der Waals surface area contributed by atoms with Crippen LogP contribution in [0.4, 0.5) is 5.69 Å². The van der Waals surface area contributed by atoms with Crippen molar-refractivity contribution in [2.45, 2.75) is 13.8 Å². The Balaban J connectivity index is 2.32. The fourth-order valence-corrected chi connectivity index (χ4v) is 2.31. The lowest BCUT2D eigenvalue weighted by atomic mass is 10.2. The standard InChI is InChI=1S/C15H15N3/c1-10-4-3-5-13(8-10)18-11(2)17-14-9-12(16)6-7-15(14)18/h3-9H,16H2,1-2H3. The Bertz CT molecular complexity index is 726. The summed E-state index contributed by atoms with van der Waals surface area (Å²) in [6, 6.07) is 14.3. The Hall–Kier alpha value is -2.29. The highest BCUT2D eigenvalue weighted by Crippen LogP contribution is 2.23. The number of fused-ring (bicyclic) bond motifs is 1. The zero-order valence-corrected chi connectivity index (χ0v) is 10.5. The number of aryl methyl sites for hydroxylation is 2. The predicted molar refractivity (Wildman–Crippen MR) is 75.0 cm³/mol. The molecule has 90 valence electrons. The molecule has 3 aromatic rings. The molecule has 1 heterocycles. The molecule has 0 radical (unpaired) electrons. The molecule has 3 nitrogen and oxygen atoms in total. The number of benzene rings is 2. The Morgan fingerprint density at radius 1 is 1.06 bits per heavy atom. The molecule has 3 heteroatoms. The van der Waals surface area contributed by atoms with E-state index in [0.29, 0.717) is 0 Å². The molecule has 0 amide bonds. The van der Waals surface area contributed by atoms with Crippen LogP contribution in [-0.2, 0) is 0 Å². The van der Waals surface area contributed by atoms with Gasteiger partial charge < -0.3 is 5.73 Å². The second-order valence-electron chi connectivity index (χ2n) is 4.58. The molecule has 0 spiro atoms. The number of hydrogen-bond donors (Lipinski definition) is 1. The largest absolute Gasteiger partial charge is 0.399 e. The average Bonchev–Trinajstić information content (AvgIpc) is 2.64. The van der Waals surface area contributed by atoms with E-state index in [9.17, 15) is 0 Å². The second-order valence-corrected chi connectivity index (χ2v) is 4.58. The zero-order chi connectivity index (χ0) is 12.7. The van der Waals surface area contributed by atoms with Crippen molar-refractivity contribution < 1.29 is 0 Å². The van der Waals surface area contributed by atoms with Gasteiger partial charge in [-0.1, -0.05) is 12.1 Å². The summed E-state index contributed by atoms with van der Waals surface area (Å²) in [6.45, 7) is 4.11. The van der Waals surface area contributed by atoms with Crippen LogP contribution in [0.1, 0.15) is 11.4 Å². The Kier molecular flexibility index (Phi) is 2.33. The van der Waals surface area contributed by atoms with E-state index in [1.807, 2.05) is 25.1 Å². The molecule has 0 fully saturated rings. The van der Waals surface area contributed by atoms with E-state index in [4.69, 9.17) is 5.73 Å². The maximum absolute atomic E-state index is 5.80. The van der Waals surface area contributed by atoms with Gasteiger partial charge in [-0.3, -0.25) is 4.57 Å². The van der Waals surface area contributed by atoms with E-state index in [1.54, 1.807) is 0 Å². The summed E-state index contributed by atoms with van der Waals surface area (Å²) in [4.78, 5) is 4.56. The molecule has 3 rings (SSSR count). The summed E-state index contributed by atoms with van der Waals surface area (Å²) in [6.07, 6.45) is 0. The van der Waals surface area contributed by atoms with Gasteiger partial charge in [-0.2, -0.15) is 0 Å². The van der Waals surface area contributed by atoms with Gasteiger partial charge in [0, 0.05) is 11.4 Å². The third kappa shape index (κ3) is 1.64. The topological polar surface area (TPSA) is 43.8 Å². The molecular weight excluding hydrogens is 222 g/mol. The van der Waals surface area contributed by atoms with Crippen molar-refractivity contribution in [1.82, 2.24) is 9.55 Å². The van der Waals surface area contributed by atoms with Gasteiger partial charge >= 0.3 is 0 Å². The number of rotatable bonds is 1. The van der Waals surface area contributed by atoms with Gasteiger partial charge in [0.2, 0.25) is 0 Å². The smallest absolute Gasteiger partial charge is 0.111 e. The summed E-state index contributed by atoms with van der Waals surface area (Å²) < 4.78 is 2.15. The van der Waals surface area contributed by atoms with Gasteiger partial charge in [0.15, 0.2) is 0 Å². The third-order valence-corrected chi connectivity index (χ3v) is 3.11. The van der Waals surface area contributed by atoms with Crippen LogP contribution in [0, 0.1) is 13.8 Å². The number of hydrogen-bond acceptors (Lipinski definition) is 2. The van der Waals surface area contributed by atoms with E-state index in [-0.39, 0.29) is 0 Å². The van der Waals surface area contributed by atoms with Crippen LogP contribution in [-0.4, -0.2) is 9.55 Å². The lowest BCUT2D eigenvalue weighted by Gasteiger charge is -2.07. The maximum atomic E-state index is 5.80. The van der Waals surface area contributed by atoms with E-state index in [1.165, 1.54) is 5.56 Å². The molecule has 2 aromatic carbocycles. The van der Waals surface area contributed by atoms with Crippen LogP contribution < -0.4 is 5.73 Å². The minimum Gasteiger partial charge on any atom is -0.399 e. The summed E-state index contributed by atoms with van der Waals surface area (Å²) in [5.41, 5.74) is 11.0. The fourth-order valence-electron chi connectivity index (χ4n) is 2.31. The predicted octanol–water partition coefficient (Wildman–Crippen LogP) is 3.22. The Morgan fingerprint density at radius 3 is 2.67 bits per heavy atom. The normalized spacial score (nSPS) is 11.0. The molecule has 0 unspecified atom stereocenters. The third-order valence-electron chi connectivity index (χ3n) is 3.11. The quantitative estimate of drug-likeness (QED) is 0.660. The van der Waals surface area contributed by atoms with Crippen LogP contribution in [0.2, 0.25) is 0 Å². The molecule has 0 aliphatic heterocycles. The summed E-state index contributed by atoms with van der Waals surface area (Å²) >= 11 is 0. The summed E-state index contributed by atoms with van der Waals surface area (Å²) in [5, 5.41) is 0. The Morgan fingerprint density at radius 2 is 1.89 bits per heavy atom. The molecule has 0 aliphatic carbocycles. The second kappa shape index (κ2) is 3.88. The van der Waals surface area contributed by atoms with E-state index in [0.717, 1.165) is 28.2 Å². The van der Waals surface area contributed by atoms with Gasteiger partial charge in [-0.15, -0.1) is 0 Å². The summed E-state index contributed by atoms with van der Waals surface area (Å²) in [7, 11) is 0. The van der Waals surface area contributed by atoms with Crippen molar-refractivity contribution in [2.75, 3.05) is 5.73 Å². The van der Waals surface area contributed by atoms with Crippen LogP contribution in [0.5, 0.6) is 0 Å². The first-order valence-electron chi connectivity index (χ1n) is 5.97. The average molecular weight is 237 g/mol. The monoisotopic (exact) mass is 237 g/mol. The summed E-state index contributed by atoms with van der Waals surface area (Å²) in [5.74, 6) is 0.973. The van der Waals surface area contributed by atoms with Gasteiger partial charge in [0.25, 0.3) is 0 Å². The van der Waals surface area contributed by atoms with E-state index < -0.39 is 0 Å². The van der Waals surface area contributed by atoms with Gasteiger partial charge in [-0.05, 0) is 49.7 Å². The van der Waals surface area contributed by atoms with Crippen LogP contribution >= 0.6 is 0 Å². The first-order chi connectivity index (χ1) is 8.65. The lowest BCUT2D eigenvalue weighted by molar-refractivity contribution is 0.999. The highest BCUT2D eigenvalue weighted by atomic mass is 15.1.